The summed E-state index contributed by atoms with van der Waals surface area (Å²) in [4.78, 5) is 39.1. The molecule has 1 amide bonds. The molecule has 2 N–H and O–H groups in total. The highest BCUT2D eigenvalue weighted by atomic mass is 16.1. The number of nitrogens with two attached hydrogens (primary N) is 1. The van der Waals surface area contributed by atoms with E-state index >= 15 is 0 Å². The molecular formula is C26H30N2O3. The Morgan fingerprint density at radius 2 is 1.87 bits per heavy atom. The molecular weight excluding hydrogens is 388 g/mol. The summed E-state index contributed by atoms with van der Waals surface area (Å²) in [6.45, 7) is 12.6. The first-order valence-corrected chi connectivity index (χ1v) is 10.7. The van der Waals surface area contributed by atoms with Crippen LogP contribution >= 0.6 is 0 Å². The van der Waals surface area contributed by atoms with E-state index < -0.39 is 5.91 Å². The predicted molar refractivity (Wildman–Crippen MR) is 123 cm³/mol. The highest BCUT2D eigenvalue weighted by molar-refractivity contribution is 6.14. The van der Waals surface area contributed by atoms with E-state index in [0.717, 1.165) is 16.7 Å². The number of carbonyl (C=O) groups excluding carboxylic acids is 3. The van der Waals surface area contributed by atoms with Crippen LogP contribution in [0.5, 0.6) is 0 Å². The van der Waals surface area contributed by atoms with Gasteiger partial charge >= 0.3 is 0 Å². The van der Waals surface area contributed by atoms with Crippen molar-refractivity contribution in [1.82, 2.24) is 4.90 Å². The van der Waals surface area contributed by atoms with Crippen LogP contribution in [0.15, 0.2) is 66.9 Å². The Morgan fingerprint density at radius 1 is 1.19 bits per heavy atom. The van der Waals surface area contributed by atoms with Crippen LogP contribution in [0.1, 0.15) is 49.0 Å². The van der Waals surface area contributed by atoms with Gasteiger partial charge in [-0.1, -0.05) is 49.1 Å². The number of fused-ring (bicyclic) bond motifs is 1. The van der Waals surface area contributed by atoms with Gasteiger partial charge in [0, 0.05) is 30.5 Å². The fourth-order valence-electron chi connectivity index (χ4n) is 4.55. The molecule has 1 heterocycles. The number of hydrogen-bond acceptors (Lipinski definition) is 4. The minimum Gasteiger partial charge on any atom is -0.370 e. The molecule has 5 nitrogen and oxygen atoms in total. The zero-order chi connectivity index (χ0) is 22.7. The van der Waals surface area contributed by atoms with Crippen LogP contribution in [0.2, 0.25) is 0 Å². The summed E-state index contributed by atoms with van der Waals surface area (Å²) >= 11 is 0. The Bertz CT molecular complexity index is 967. The van der Waals surface area contributed by atoms with Gasteiger partial charge in [-0.25, -0.2) is 0 Å². The van der Waals surface area contributed by atoms with E-state index in [2.05, 4.69) is 13.2 Å². The van der Waals surface area contributed by atoms with Gasteiger partial charge in [0.1, 0.15) is 5.78 Å². The Kier molecular flexibility index (Phi) is 6.74. The molecule has 3 unspecified atom stereocenters. The van der Waals surface area contributed by atoms with E-state index in [1.54, 1.807) is 12.2 Å². The van der Waals surface area contributed by atoms with E-state index in [9.17, 15) is 14.4 Å². The molecule has 1 aliphatic heterocycles. The van der Waals surface area contributed by atoms with Crippen molar-refractivity contribution < 1.29 is 14.4 Å². The van der Waals surface area contributed by atoms with Gasteiger partial charge in [-0.05, 0) is 49.6 Å². The van der Waals surface area contributed by atoms with E-state index in [1.165, 1.54) is 0 Å². The van der Waals surface area contributed by atoms with Gasteiger partial charge in [-0.15, -0.1) is 0 Å². The molecule has 3 atom stereocenters. The van der Waals surface area contributed by atoms with E-state index in [-0.39, 0.29) is 29.4 Å². The second kappa shape index (κ2) is 9.29. The Morgan fingerprint density at radius 3 is 2.48 bits per heavy atom. The second-order valence-corrected chi connectivity index (χ2v) is 8.43. The van der Waals surface area contributed by atoms with Crippen molar-refractivity contribution in [1.29, 1.82) is 0 Å². The lowest BCUT2D eigenvalue weighted by atomic mass is 9.79. The fraction of sp³-hybridized carbons (Fsp3) is 0.346. The molecule has 5 heteroatoms. The molecule has 0 saturated carbocycles. The van der Waals surface area contributed by atoms with E-state index in [1.807, 2.05) is 49.2 Å². The monoisotopic (exact) mass is 418 g/mol. The average molecular weight is 419 g/mol. The highest BCUT2D eigenvalue weighted by Crippen LogP contribution is 2.43. The smallest absolute Gasteiger partial charge is 0.246 e. The third-order valence-electron chi connectivity index (χ3n) is 6.40. The fourth-order valence-corrected chi connectivity index (χ4v) is 4.55. The third-order valence-corrected chi connectivity index (χ3v) is 6.40. The van der Waals surface area contributed by atoms with Gasteiger partial charge in [0.15, 0.2) is 5.78 Å². The second-order valence-electron chi connectivity index (χ2n) is 8.43. The third kappa shape index (κ3) is 4.61. The molecule has 0 aromatic heterocycles. The topological polar surface area (TPSA) is 80.5 Å². The molecule has 162 valence electrons. The molecule has 1 aromatic rings. The van der Waals surface area contributed by atoms with E-state index in [0.29, 0.717) is 36.9 Å². The van der Waals surface area contributed by atoms with Crippen LogP contribution in [0, 0.1) is 11.8 Å². The molecule has 0 bridgehead atoms. The largest absolute Gasteiger partial charge is 0.370 e. The summed E-state index contributed by atoms with van der Waals surface area (Å²) in [6.07, 6.45) is 6.66. The van der Waals surface area contributed by atoms with Crippen LogP contribution in [0.25, 0.3) is 5.57 Å². The molecule has 0 radical (unpaired) electrons. The molecule has 0 saturated heterocycles. The maximum atomic E-state index is 13.0. The number of carbonyl (C=O) groups is 3. The molecule has 3 rings (SSSR count). The summed E-state index contributed by atoms with van der Waals surface area (Å²) in [6, 6.07) is 7.38. The quantitative estimate of drug-likeness (QED) is 0.613. The number of nitrogens with zero attached hydrogens (tertiary/aromatic N) is 1. The number of benzene rings is 1. The van der Waals surface area contributed by atoms with Gasteiger partial charge in [0.25, 0.3) is 0 Å². The van der Waals surface area contributed by atoms with Crippen molar-refractivity contribution in [3.8, 4) is 0 Å². The van der Waals surface area contributed by atoms with Crippen molar-refractivity contribution in [3.05, 3.63) is 78.0 Å². The number of rotatable bonds is 9. The first-order chi connectivity index (χ1) is 14.7. The molecule has 1 aromatic carbocycles. The lowest BCUT2D eigenvalue weighted by Crippen LogP contribution is -2.37. The number of ketones is 2. The van der Waals surface area contributed by atoms with Gasteiger partial charge in [-0.3, -0.25) is 14.4 Å². The molecule has 1 aliphatic carbocycles. The normalized spacial score (nSPS) is 21.0. The van der Waals surface area contributed by atoms with Crippen LogP contribution in [0.3, 0.4) is 0 Å². The highest BCUT2D eigenvalue weighted by Gasteiger charge is 2.39. The SMILES string of the molecule is C=C(C)C(CCC(=O)CCN1C=CC=C(C(N)=O)C1C)C1C(=C)c2ccccc2C1=O. The summed E-state index contributed by atoms with van der Waals surface area (Å²) in [5.74, 6) is -0.722. The first kappa shape index (κ1) is 22.5. The van der Waals surface area contributed by atoms with Crippen molar-refractivity contribution in [2.75, 3.05) is 6.54 Å². The lowest BCUT2D eigenvalue weighted by Gasteiger charge is -2.30. The maximum absolute atomic E-state index is 13.0. The van der Waals surface area contributed by atoms with E-state index in [4.69, 9.17) is 5.73 Å². The average Bonchev–Trinajstić information content (AvgIpc) is 2.98. The first-order valence-electron chi connectivity index (χ1n) is 10.7. The Hall–Kier alpha value is -3.21. The Balaban J connectivity index is 1.59. The summed E-state index contributed by atoms with van der Waals surface area (Å²) in [5, 5.41) is 0. The minimum absolute atomic E-state index is 0.0686. The Labute approximate surface area is 184 Å². The lowest BCUT2D eigenvalue weighted by molar-refractivity contribution is -0.119. The van der Waals surface area contributed by atoms with Crippen molar-refractivity contribution in [3.63, 3.8) is 0 Å². The zero-order valence-electron chi connectivity index (χ0n) is 18.3. The van der Waals surface area contributed by atoms with Crippen molar-refractivity contribution in [2.45, 2.75) is 39.2 Å². The minimum atomic E-state index is -0.445. The molecule has 2 aliphatic rings. The molecule has 31 heavy (non-hydrogen) atoms. The number of amides is 1. The zero-order valence-corrected chi connectivity index (χ0v) is 18.3. The summed E-state index contributed by atoms with van der Waals surface area (Å²) < 4.78 is 0. The summed E-state index contributed by atoms with van der Waals surface area (Å²) in [7, 11) is 0. The molecule has 0 spiro atoms. The van der Waals surface area contributed by atoms with Gasteiger partial charge in [0.2, 0.25) is 5.91 Å². The summed E-state index contributed by atoms with van der Waals surface area (Å²) in [5.41, 5.74) is 9.28. The van der Waals surface area contributed by atoms with Crippen LogP contribution in [0.4, 0.5) is 0 Å². The van der Waals surface area contributed by atoms with Crippen molar-refractivity contribution in [2.24, 2.45) is 17.6 Å². The number of allylic oxidation sites excluding steroid dienone is 4. The number of Topliss-reactive ketones (excluding diaryl/α,β-unsaturated/α-hetero) is 2. The predicted octanol–water partition coefficient (Wildman–Crippen LogP) is 4.07. The van der Waals surface area contributed by atoms with Crippen molar-refractivity contribution >= 4 is 23.0 Å². The maximum Gasteiger partial charge on any atom is 0.246 e. The molecule has 0 fully saturated rings. The van der Waals surface area contributed by atoms with Gasteiger partial charge in [0.05, 0.1) is 12.0 Å². The number of hydrogen-bond donors (Lipinski definition) is 1. The van der Waals surface area contributed by atoms with Crippen LogP contribution in [-0.2, 0) is 9.59 Å². The number of primary amides is 1. The van der Waals surface area contributed by atoms with Gasteiger partial charge in [-0.2, -0.15) is 0 Å². The standard InChI is InChI=1S/C26H30N2O3/c1-16(2)20(24-17(3)21-8-5-6-9-23(21)25(24)30)12-11-19(29)13-15-28-14-7-10-22(18(28)4)26(27)31/h5-10,14,18,20,24H,1,3,11-13,15H2,2,4H3,(H2,27,31). The van der Waals surface area contributed by atoms with Crippen LogP contribution < -0.4 is 5.73 Å². The van der Waals surface area contributed by atoms with Gasteiger partial charge < -0.3 is 10.6 Å². The van der Waals surface area contributed by atoms with Crippen LogP contribution in [-0.4, -0.2) is 35.0 Å².